The fraction of sp³-hybridized carbons (Fsp3) is 0.857. The van der Waals surface area contributed by atoms with Gasteiger partial charge in [-0.2, -0.15) is 0 Å². The maximum absolute atomic E-state index is 6.00. The Hall–Kier alpha value is 0.824. The van der Waals surface area contributed by atoms with E-state index in [1.165, 1.54) is 25.7 Å². The number of hydrogen-bond donors (Lipinski definition) is 0. The Morgan fingerprint density at radius 1 is 1.16 bits per heavy atom. The lowest BCUT2D eigenvalue weighted by Gasteiger charge is -2.39. The molecule has 19 heavy (non-hydrogen) atoms. The first-order valence-electron chi connectivity index (χ1n) is 7.54. The maximum atomic E-state index is 6.00. The Labute approximate surface area is 138 Å². The van der Waals surface area contributed by atoms with Crippen molar-refractivity contribution in [1.29, 1.82) is 0 Å². The van der Waals surface area contributed by atoms with Crippen molar-refractivity contribution >= 4 is 42.1 Å². The Kier molecular flexibility index (Phi) is 12.0. The molecule has 0 unspecified atom stereocenters. The number of hydrogen-bond acceptors (Lipinski definition) is 2. The lowest BCUT2D eigenvalue weighted by atomic mass is 9.75. The topological polar surface area (TPSA) is 18.5 Å². The average Bonchev–Trinajstić information content (AvgIpc) is 2.37. The fourth-order valence-corrected chi connectivity index (χ4v) is 4.72. The van der Waals surface area contributed by atoms with Crippen LogP contribution in [0.2, 0.25) is 13.1 Å². The van der Waals surface area contributed by atoms with Crippen molar-refractivity contribution in [3.05, 3.63) is 10.2 Å². The zero-order valence-electron chi connectivity index (χ0n) is 13.2. The third-order valence-electron chi connectivity index (χ3n) is 3.62. The Bertz CT molecular complexity index is 242. The van der Waals surface area contributed by atoms with Crippen LogP contribution in [0.4, 0.5) is 0 Å². The molecule has 0 aliphatic carbocycles. The van der Waals surface area contributed by atoms with E-state index in [2.05, 4.69) is 66.6 Å². The molecule has 0 radical (unpaired) electrons. The molecular formula is C14H31IO2Si2. The summed E-state index contributed by atoms with van der Waals surface area (Å²) in [4.78, 5) is 0. The van der Waals surface area contributed by atoms with E-state index in [1.807, 2.05) is 0 Å². The van der Waals surface area contributed by atoms with Crippen LogP contribution in [0.1, 0.15) is 46.5 Å². The first kappa shape index (κ1) is 19.8. The molecule has 0 spiro atoms. The SMILES string of the molecule is CCCCC[C@@H](/C=C/I)C(C)(C)C(O[SiH2]C)O[SiH2]C. The maximum Gasteiger partial charge on any atom is 0.161 e. The smallest absolute Gasteiger partial charge is 0.161 e. The molecule has 0 aromatic heterocycles. The zero-order valence-corrected chi connectivity index (χ0v) is 18.2. The van der Waals surface area contributed by atoms with Gasteiger partial charge in [0.1, 0.15) is 6.29 Å². The molecule has 0 bridgehead atoms. The van der Waals surface area contributed by atoms with E-state index < -0.39 is 19.5 Å². The molecule has 1 atom stereocenters. The first-order valence-corrected chi connectivity index (χ1v) is 12.8. The van der Waals surface area contributed by atoms with Crippen molar-refractivity contribution in [3.8, 4) is 0 Å². The lowest BCUT2D eigenvalue weighted by molar-refractivity contribution is -0.0977. The second kappa shape index (κ2) is 11.5. The van der Waals surface area contributed by atoms with Gasteiger partial charge >= 0.3 is 0 Å². The minimum Gasteiger partial charge on any atom is -0.400 e. The highest BCUT2D eigenvalue weighted by atomic mass is 127. The summed E-state index contributed by atoms with van der Waals surface area (Å²) in [6, 6.07) is 0. The Morgan fingerprint density at radius 3 is 2.16 bits per heavy atom. The van der Waals surface area contributed by atoms with Gasteiger partial charge in [-0.3, -0.25) is 0 Å². The highest BCUT2D eigenvalue weighted by Gasteiger charge is 2.36. The quantitative estimate of drug-likeness (QED) is 0.222. The predicted molar refractivity (Wildman–Crippen MR) is 99.3 cm³/mol. The fourth-order valence-electron chi connectivity index (χ4n) is 2.37. The standard InChI is InChI=1S/C14H31IO2Si2/c1-6-7-8-9-12(10-11-15)14(2,3)13(16-18-4)17-19-5/h10-13H,6-9,18-19H2,1-5H3/b11-10+/t12-/m0/s1. The second-order valence-corrected chi connectivity index (χ2v) is 8.03. The molecule has 0 heterocycles. The minimum atomic E-state index is -0.432. The van der Waals surface area contributed by atoms with E-state index in [0.717, 1.165) is 0 Å². The molecule has 0 aliphatic rings. The van der Waals surface area contributed by atoms with Gasteiger partial charge in [0, 0.05) is 5.41 Å². The van der Waals surface area contributed by atoms with Gasteiger partial charge in [-0.15, -0.1) is 0 Å². The van der Waals surface area contributed by atoms with Gasteiger partial charge in [0.05, 0.1) is 0 Å². The van der Waals surface area contributed by atoms with E-state index >= 15 is 0 Å². The zero-order chi connectivity index (χ0) is 14.7. The molecule has 0 amide bonds. The van der Waals surface area contributed by atoms with Crippen LogP contribution in [-0.4, -0.2) is 25.8 Å². The number of allylic oxidation sites excluding steroid dienone is 1. The molecule has 0 fully saturated rings. The highest BCUT2D eigenvalue weighted by Crippen LogP contribution is 2.37. The summed E-state index contributed by atoms with van der Waals surface area (Å²) in [5.41, 5.74) is 0.0709. The molecule has 114 valence electrons. The normalized spacial score (nSPS) is 17.2. The van der Waals surface area contributed by atoms with E-state index in [-0.39, 0.29) is 11.7 Å². The molecule has 0 aromatic carbocycles. The number of halogens is 1. The second-order valence-electron chi connectivity index (χ2n) is 5.48. The van der Waals surface area contributed by atoms with Crippen LogP contribution < -0.4 is 0 Å². The molecule has 0 saturated heterocycles. The molecule has 2 nitrogen and oxygen atoms in total. The summed E-state index contributed by atoms with van der Waals surface area (Å²) in [5, 5.41) is 0. The molecule has 5 heteroatoms. The van der Waals surface area contributed by atoms with Crippen LogP contribution in [-0.2, 0) is 8.85 Å². The molecule has 0 aliphatic heterocycles. The summed E-state index contributed by atoms with van der Waals surface area (Å²) in [6.45, 7) is 11.2. The van der Waals surface area contributed by atoms with Crippen LogP contribution in [0.3, 0.4) is 0 Å². The average molecular weight is 414 g/mol. The number of rotatable bonds is 11. The molecule has 0 saturated carbocycles. The minimum absolute atomic E-state index is 0.0000554. The van der Waals surface area contributed by atoms with Crippen LogP contribution in [0.25, 0.3) is 0 Å². The summed E-state index contributed by atoms with van der Waals surface area (Å²) in [6.07, 6.45) is 7.47. The van der Waals surface area contributed by atoms with Crippen molar-refractivity contribution in [2.24, 2.45) is 11.3 Å². The van der Waals surface area contributed by atoms with Gasteiger partial charge in [0.2, 0.25) is 0 Å². The van der Waals surface area contributed by atoms with Crippen LogP contribution >= 0.6 is 22.6 Å². The van der Waals surface area contributed by atoms with E-state index in [9.17, 15) is 0 Å². The Balaban J connectivity index is 4.79. The van der Waals surface area contributed by atoms with Gasteiger partial charge in [-0.05, 0) is 16.4 Å². The lowest BCUT2D eigenvalue weighted by Crippen LogP contribution is -2.41. The monoisotopic (exact) mass is 414 g/mol. The Morgan fingerprint density at radius 2 is 1.74 bits per heavy atom. The highest BCUT2D eigenvalue weighted by molar-refractivity contribution is 14.1. The number of unbranched alkanes of at least 4 members (excludes halogenated alkanes) is 2. The van der Waals surface area contributed by atoms with Crippen molar-refractivity contribution in [1.82, 2.24) is 0 Å². The van der Waals surface area contributed by atoms with Crippen LogP contribution in [0, 0.1) is 11.3 Å². The summed E-state index contributed by atoms with van der Waals surface area (Å²) in [7, 11) is -0.864. The molecule has 0 N–H and O–H groups in total. The van der Waals surface area contributed by atoms with Crippen molar-refractivity contribution in [2.45, 2.75) is 65.8 Å². The van der Waals surface area contributed by atoms with Crippen molar-refractivity contribution in [2.75, 3.05) is 0 Å². The third kappa shape index (κ3) is 7.40. The largest absolute Gasteiger partial charge is 0.400 e. The summed E-state index contributed by atoms with van der Waals surface area (Å²) < 4.78 is 14.1. The summed E-state index contributed by atoms with van der Waals surface area (Å²) >= 11 is 2.33. The van der Waals surface area contributed by atoms with E-state index in [0.29, 0.717) is 5.92 Å². The van der Waals surface area contributed by atoms with Crippen LogP contribution in [0.5, 0.6) is 0 Å². The predicted octanol–water partition coefficient (Wildman–Crippen LogP) is 3.78. The van der Waals surface area contributed by atoms with Gasteiger partial charge < -0.3 is 8.85 Å². The van der Waals surface area contributed by atoms with Gasteiger partial charge in [0.15, 0.2) is 19.5 Å². The molecule has 0 rings (SSSR count). The van der Waals surface area contributed by atoms with Gasteiger partial charge in [-0.1, -0.05) is 81.8 Å². The van der Waals surface area contributed by atoms with E-state index in [1.54, 1.807) is 0 Å². The van der Waals surface area contributed by atoms with Gasteiger partial charge in [-0.25, -0.2) is 0 Å². The first-order chi connectivity index (χ1) is 9.04. The van der Waals surface area contributed by atoms with Crippen molar-refractivity contribution in [3.63, 3.8) is 0 Å². The van der Waals surface area contributed by atoms with Gasteiger partial charge in [0.25, 0.3) is 0 Å². The van der Waals surface area contributed by atoms with Crippen LogP contribution in [0.15, 0.2) is 10.2 Å². The van der Waals surface area contributed by atoms with E-state index in [4.69, 9.17) is 8.85 Å². The molecular weight excluding hydrogens is 383 g/mol. The van der Waals surface area contributed by atoms with Crippen molar-refractivity contribution < 1.29 is 8.85 Å². The third-order valence-corrected chi connectivity index (χ3v) is 5.31. The summed E-state index contributed by atoms with van der Waals surface area (Å²) in [5.74, 6) is 0.544. The molecule has 0 aromatic rings.